The summed E-state index contributed by atoms with van der Waals surface area (Å²) in [4.78, 5) is 0. The Morgan fingerprint density at radius 1 is 1.53 bits per heavy atom. The van der Waals surface area contributed by atoms with Crippen LogP contribution in [0.15, 0.2) is 24.4 Å². The first kappa shape index (κ1) is 12.0. The van der Waals surface area contributed by atoms with Crippen LogP contribution in [0.5, 0.6) is 0 Å². The zero-order valence-electron chi connectivity index (χ0n) is 9.27. The maximum absolute atomic E-state index is 13.0. The van der Waals surface area contributed by atoms with Crippen molar-refractivity contribution in [1.82, 2.24) is 15.0 Å². The molecule has 90 valence electrons. The fourth-order valence-corrected chi connectivity index (χ4v) is 1.63. The molecule has 0 radical (unpaired) electrons. The fraction of sp³-hybridized carbons (Fsp3) is 0.273. The maximum Gasteiger partial charge on any atom is 0.141 e. The van der Waals surface area contributed by atoms with Gasteiger partial charge in [0.15, 0.2) is 0 Å². The molecule has 0 saturated heterocycles. The molecular weight excluding hydrogens is 243 g/mol. The van der Waals surface area contributed by atoms with Crippen molar-refractivity contribution in [2.75, 3.05) is 0 Å². The van der Waals surface area contributed by atoms with Crippen molar-refractivity contribution in [2.45, 2.75) is 19.5 Å². The molecule has 2 rings (SSSR count). The molecule has 4 nitrogen and oxygen atoms in total. The number of hydrogen-bond acceptors (Lipinski definition) is 3. The van der Waals surface area contributed by atoms with E-state index in [0.29, 0.717) is 6.54 Å². The summed E-state index contributed by atoms with van der Waals surface area (Å²) in [7, 11) is 0. The van der Waals surface area contributed by atoms with Crippen molar-refractivity contribution in [1.29, 1.82) is 0 Å². The summed E-state index contributed by atoms with van der Waals surface area (Å²) in [5.74, 6) is -0.426. The number of nitrogens with two attached hydrogens (primary N) is 1. The van der Waals surface area contributed by atoms with Gasteiger partial charge in [-0.15, -0.1) is 5.10 Å². The van der Waals surface area contributed by atoms with Gasteiger partial charge in [0.2, 0.25) is 0 Å². The molecule has 0 aliphatic carbocycles. The number of nitrogens with zero attached hydrogens (tertiary/aromatic N) is 3. The summed E-state index contributed by atoms with van der Waals surface area (Å²) in [6.07, 6.45) is 1.77. The van der Waals surface area contributed by atoms with Crippen LogP contribution in [0.3, 0.4) is 0 Å². The molecule has 0 aliphatic heterocycles. The van der Waals surface area contributed by atoms with E-state index in [0.717, 1.165) is 11.3 Å². The minimum atomic E-state index is -0.426. The smallest absolute Gasteiger partial charge is 0.141 e. The van der Waals surface area contributed by atoms with Gasteiger partial charge in [0.25, 0.3) is 0 Å². The zero-order chi connectivity index (χ0) is 12.4. The number of aromatic nitrogens is 3. The summed E-state index contributed by atoms with van der Waals surface area (Å²) in [6.45, 7) is 2.32. The highest BCUT2D eigenvalue weighted by molar-refractivity contribution is 6.30. The molecule has 1 heterocycles. The van der Waals surface area contributed by atoms with E-state index >= 15 is 0 Å². The lowest BCUT2D eigenvalue weighted by atomic mass is 10.2. The van der Waals surface area contributed by atoms with E-state index < -0.39 is 5.82 Å². The molecule has 0 spiro atoms. The molecule has 2 N–H and O–H groups in total. The normalized spacial score (nSPS) is 12.7. The highest BCUT2D eigenvalue weighted by atomic mass is 35.5. The Hall–Kier alpha value is -1.46. The number of benzene rings is 1. The van der Waals surface area contributed by atoms with Crippen molar-refractivity contribution in [3.8, 4) is 0 Å². The topological polar surface area (TPSA) is 56.7 Å². The van der Waals surface area contributed by atoms with Gasteiger partial charge in [-0.25, -0.2) is 9.07 Å². The molecule has 6 heteroatoms. The van der Waals surface area contributed by atoms with Gasteiger partial charge in [-0.1, -0.05) is 22.9 Å². The van der Waals surface area contributed by atoms with E-state index in [2.05, 4.69) is 10.3 Å². The van der Waals surface area contributed by atoms with Crippen molar-refractivity contribution in [2.24, 2.45) is 5.73 Å². The van der Waals surface area contributed by atoms with Crippen LogP contribution in [-0.4, -0.2) is 15.0 Å². The third kappa shape index (κ3) is 2.81. The first-order valence-corrected chi connectivity index (χ1v) is 5.53. The standard InChI is InChI=1S/C11H12ClFN4/c1-7(14)11-6-17(16-15-11)5-8-2-3-10(13)9(12)4-8/h2-4,6-7H,5,14H2,1H3. The molecule has 0 aliphatic rings. The fourth-order valence-electron chi connectivity index (χ4n) is 1.42. The van der Waals surface area contributed by atoms with Crippen LogP contribution in [0.25, 0.3) is 0 Å². The van der Waals surface area contributed by atoms with Crippen LogP contribution in [0, 0.1) is 5.82 Å². The summed E-state index contributed by atoms with van der Waals surface area (Å²) >= 11 is 5.70. The summed E-state index contributed by atoms with van der Waals surface area (Å²) in [6, 6.07) is 4.42. The van der Waals surface area contributed by atoms with E-state index in [1.54, 1.807) is 23.0 Å². The molecule has 0 saturated carbocycles. The molecule has 1 aromatic heterocycles. The van der Waals surface area contributed by atoms with Crippen molar-refractivity contribution in [3.63, 3.8) is 0 Å². The second kappa shape index (κ2) is 4.81. The molecule has 1 aromatic carbocycles. The first-order chi connectivity index (χ1) is 8.06. The van der Waals surface area contributed by atoms with Crippen LogP contribution in [0.1, 0.15) is 24.2 Å². The first-order valence-electron chi connectivity index (χ1n) is 5.16. The van der Waals surface area contributed by atoms with Gasteiger partial charge in [-0.3, -0.25) is 0 Å². The van der Waals surface area contributed by atoms with Crippen LogP contribution in [0.4, 0.5) is 4.39 Å². The van der Waals surface area contributed by atoms with Crippen molar-refractivity contribution >= 4 is 11.6 Å². The molecule has 0 fully saturated rings. The molecule has 17 heavy (non-hydrogen) atoms. The van der Waals surface area contributed by atoms with Gasteiger partial charge in [-0.2, -0.15) is 0 Å². The van der Waals surface area contributed by atoms with Gasteiger partial charge < -0.3 is 5.73 Å². The third-order valence-corrected chi connectivity index (χ3v) is 2.64. The largest absolute Gasteiger partial charge is 0.323 e. The van der Waals surface area contributed by atoms with Crippen molar-refractivity contribution < 1.29 is 4.39 Å². The van der Waals surface area contributed by atoms with Gasteiger partial charge >= 0.3 is 0 Å². The number of halogens is 2. The van der Waals surface area contributed by atoms with Gasteiger partial charge in [0.05, 0.1) is 23.5 Å². The minimum Gasteiger partial charge on any atom is -0.323 e. The molecular formula is C11H12ClFN4. The highest BCUT2D eigenvalue weighted by Gasteiger charge is 2.06. The zero-order valence-corrected chi connectivity index (χ0v) is 10.0. The van der Waals surface area contributed by atoms with Gasteiger partial charge in [-0.05, 0) is 24.6 Å². The molecule has 2 aromatic rings. The lowest BCUT2D eigenvalue weighted by Crippen LogP contribution is -2.05. The second-order valence-electron chi connectivity index (χ2n) is 3.88. The van der Waals surface area contributed by atoms with Crippen molar-refractivity contribution in [3.05, 3.63) is 46.5 Å². The van der Waals surface area contributed by atoms with E-state index in [1.807, 2.05) is 6.92 Å². The Morgan fingerprint density at radius 3 is 2.88 bits per heavy atom. The summed E-state index contributed by atoms with van der Waals surface area (Å²) < 4.78 is 14.6. The maximum atomic E-state index is 13.0. The summed E-state index contributed by atoms with van der Waals surface area (Å²) in [5.41, 5.74) is 7.26. The summed E-state index contributed by atoms with van der Waals surface area (Å²) in [5, 5.41) is 7.97. The van der Waals surface area contributed by atoms with Crippen LogP contribution >= 0.6 is 11.6 Å². The predicted molar refractivity (Wildman–Crippen MR) is 63.1 cm³/mol. The van der Waals surface area contributed by atoms with Gasteiger partial charge in [0, 0.05) is 6.04 Å². The Bertz CT molecular complexity index is 524. The van der Waals surface area contributed by atoms with E-state index in [4.69, 9.17) is 17.3 Å². The van der Waals surface area contributed by atoms with Crippen LogP contribution in [-0.2, 0) is 6.54 Å². The highest BCUT2D eigenvalue weighted by Crippen LogP contribution is 2.16. The van der Waals surface area contributed by atoms with Crippen LogP contribution < -0.4 is 5.73 Å². The molecule has 0 bridgehead atoms. The average molecular weight is 255 g/mol. The van der Waals surface area contributed by atoms with Crippen LogP contribution in [0.2, 0.25) is 5.02 Å². The second-order valence-corrected chi connectivity index (χ2v) is 4.29. The number of rotatable bonds is 3. The minimum absolute atomic E-state index is 0.107. The monoisotopic (exact) mass is 254 g/mol. The molecule has 0 amide bonds. The SMILES string of the molecule is CC(N)c1cn(Cc2ccc(F)c(Cl)c2)nn1. The lowest BCUT2D eigenvalue weighted by Gasteiger charge is -2.02. The quantitative estimate of drug-likeness (QED) is 0.913. The Morgan fingerprint density at radius 2 is 2.29 bits per heavy atom. The Balaban J connectivity index is 2.16. The lowest BCUT2D eigenvalue weighted by molar-refractivity contribution is 0.622. The van der Waals surface area contributed by atoms with E-state index in [-0.39, 0.29) is 11.1 Å². The average Bonchev–Trinajstić information content (AvgIpc) is 2.72. The van der Waals surface area contributed by atoms with E-state index in [1.165, 1.54) is 6.07 Å². The van der Waals surface area contributed by atoms with Gasteiger partial charge in [0.1, 0.15) is 5.82 Å². The van der Waals surface area contributed by atoms with E-state index in [9.17, 15) is 4.39 Å². The number of hydrogen-bond donors (Lipinski definition) is 1. The molecule has 1 unspecified atom stereocenters. The molecule has 1 atom stereocenters. The predicted octanol–water partition coefficient (Wildman–Crippen LogP) is 2.14. The third-order valence-electron chi connectivity index (χ3n) is 2.35. The Kier molecular flexibility index (Phi) is 3.40. The Labute approximate surface area is 103 Å².